The summed E-state index contributed by atoms with van der Waals surface area (Å²) in [6.07, 6.45) is -0.704. The molecule has 5 rings (SSSR count). The minimum Gasteiger partial charge on any atom is -0.448 e. The maximum atomic E-state index is 13.7. The van der Waals surface area contributed by atoms with Crippen molar-refractivity contribution in [3.05, 3.63) is 88.9 Å². The number of nitrogens with one attached hydrogen (secondary N) is 1. The molecular weight excluding hydrogens is 588 g/mol. The molecule has 2 atom stereocenters. The van der Waals surface area contributed by atoms with Crippen molar-refractivity contribution >= 4 is 63.5 Å². The summed E-state index contributed by atoms with van der Waals surface area (Å²) in [7, 11) is 0. The molecule has 2 aliphatic rings. The first-order valence-electron chi connectivity index (χ1n) is 12.6. The van der Waals surface area contributed by atoms with Crippen molar-refractivity contribution in [2.75, 3.05) is 24.0 Å². The van der Waals surface area contributed by atoms with E-state index in [4.69, 9.17) is 26.9 Å². The minimum absolute atomic E-state index is 0.0140. The highest BCUT2D eigenvalue weighted by Gasteiger charge is 2.55. The fourth-order valence-electron chi connectivity index (χ4n) is 4.38. The lowest BCUT2D eigenvalue weighted by atomic mass is 10.0. The maximum absolute atomic E-state index is 13.7. The first kappa shape index (κ1) is 28.6. The molecule has 0 aliphatic carbocycles. The molecule has 0 saturated carbocycles. The fraction of sp³-hybridized carbons (Fsp3) is 0.259. The molecule has 3 aromatic rings. The zero-order valence-corrected chi connectivity index (χ0v) is 24.1. The van der Waals surface area contributed by atoms with Gasteiger partial charge in [0.2, 0.25) is 11.5 Å². The van der Waals surface area contributed by atoms with Gasteiger partial charge in [-0.05, 0) is 23.6 Å². The third-order valence-electron chi connectivity index (χ3n) is 6.27. The molecule has 1 unspecified atom stereocenters. The number of anilines is 1. The van der Waals surface area contributed by atoms with E-state index in [9.17, 15) is 14.4 Å². The van der Waals surface area contributed by atoms with Crippen LogP contribution in [0.25, 0.3) is 0 Å². The number of oxime groups is 1. The number of aromatic nitrogens is 2. The molecule has 3 heterocycles. The molecule has 2 aliphatic heterocycles. The summed E-state index contributed by atoms with van der Waals surface area (Å²) in [6, 6.07) is 17.7. The molecule has 1 saturated heterocycles. The molecule has 1 aromatic heterocycles. The topological polar surface area (TPSA) is 149 Å². The monoisotopic (exact) mass is 612 g/mol. The van der Waals surface area contributed by atoms with Crippen LogP contribution >= 0.6 is 34.9 Å². The second-order valence-electron chi connectivity index (χ2n) is 8.87. The number of carbonyl (C=O) groups excluding carboxylic acids is 3. The number of hydrogen-bond acceptors (Lipinski definition) is 11. The lowest BCUT2D eigenvalue weighted by Crippen LogP contribution is -2.71. The van der Waals surface area contributed by atoms with Crippen LogP contribution in [0.1, 0.15) is 30.0 Å². The number of thioether (sulfide) groups is 1. The largest absolute Gasteiger partial charge is 0.448 e. The highest BCUT2D eigenvalue weighted by Crippen LogP contribution is 2.42. The number of rotatable bonds is 10. The fourth-order valence-corrected chi connectivity index (χ4v) is 6.49. The normalized spacial score (nSPS) is 18.6. The third kappa shape index (κ3) is 5.92. The molecule has 2 aromatic carbocycles. The Morgan fingerprint density at radius 1 is 1.17 bits per heavy atom. The van der Waals surface area contributed by atoms with Gasteiger partial charge in [0.15, 0.2) is 11.2 Å². The molecule has 3 N–H and O–H groups in total. The van der Waals surface area contributed by atoms with Crippen molar-refractivity contribution < 1.29 is 24.0 Å². The highest BCUT2D eigenvalue weighted by atomic mass is 35.5. The van der Waals surface area contributed by atoms with Gasteiger partial charge in [-0.1, -0.05) is 65.8 Å². The van der Waals surface area contributed by atoms with Gasteiger partial charge < -0.3 is 20.6 Å². The van der Waals surface area contributed by atoms with Crippen molar-refractivity contribution in [2.24, 2.45) is 5.16 Å². The molecule has 11 nitrogen and oxygen atoms in total. The van der Waals surface area contributed by atoms with Crippen LogP contribution in [0.4, 0.5) is 5.13 Å². The number of alkyl halides is 1. The van der Waals surface area contributed by atoms with E-state index in [2.05, 4.69) is 19.8 Å². The van der Waals surface area contributed by atoms with E-state index in [0.29, 0.717) is 11.3 Å². The van der Waals surface area contributed by atoms with E-state index in [0.717, 1.165) is 22.7 Å². The van der Waals surface area contributed by atoms with Crippen LogP contribution in [-0.2, 0) is 24.0 Å². The van der Waals surface area contributed by atoms with Gasteiger partial charge >= 0.3 is 5.97 Å². The summed E-state index contributed by atoms with van der Waals surface area (Å²) in [5, 5.41) is 6.09. The van der Waals surface area contributed by atoms with E-state index in [1.54, 1.807) is 6.92 Å². The van der Waals surface area contributed by atoms with E-state index in [-0.39, 0.29) is 34.9 Å². The molecule has 14 heteroatoms. The minimum atomic E-state index is -0.936. The summed E-state index contributed by atoms with van der Waals surface area (Å²) in [5.74, 6) is -1.47. The van der Waals surface area contributed by atoms with Crippen LogP contribution in [0.2, 0.25) is 0 Å². The van der Waals surface area contributed by atoms with Gasteiger partial charge in [-0.15, -0.1) is 23.4 Å². The number of esters is 1. The van der Waals surface area contributed by atoms with Crippen LogP contribution in [-0.4, -0.2) is 67.4 Å². The smallest absolute Gasteiger partial charge is 0.356 e. The summed E-state index contributed by atoms with van der Waals surface area (Å²) >= 11 is 8.50. The number of nitrogens with two attached hydrogens (primary N) is 1. The zero-order chi connectivity index (χ0) is 28.9. The summed E-state index contributed by atoms with van der Waals surface area (Å²) in [4.78, 5) is 50.6. The molecule has 2 amide bonds. The van der Waals surface area contributed by atoms with Crippen LogP contribution in [0.3, 0.4) is 0 Å². The average Bonchev–Trinajstić information content (AvgIpc) is 3.44. The molecule has 212 valence electrons. The van der Waals surface area contributed by atoms with Crippen molar-refractivity contribution in [3.63, 3.8) is 0 Å². The van der Waals surface area contributed by atoms with Gasteiger partial charge in [0.25, 0.3) is 11.8 Å². The predicted molar refractivity (Wildman–Crippen MR) is 156 cm³/mol. The Hall–Kier alpha value is -3.94. The van der Waals surface area contributed by atoms with Crippen molar-refractivity contribution in [2.45, 2.75) is 24.4 Å². The molecule has 41 heavy (non-hydrogen) atoms. The lowest BCUT2D eigenvalue weighted by Gasteiger charge is -2.49. The Morgan fingerprint density at radius 3 is 2.39 bits per heavy atom. The Labute approximate surface area is 248 Å². The van der Waals surface area contributed by atoms with E-state index in [1.807, 2.05) is 60.7 Å². The second kappa shape index (κ2) is 12.7. The van der Waals surface area contributed by atoms with E-state index >= 15 is 0 Å². The predicted octanol–water partition coefficient (Wildman–Crippen LogP) is 3.09. The van der Waals surface area contributed by atoms with Crippen molar-refractivity contribution in [3.8, 4) is 0 Å². The molecule has 0 radical (unpaired) electrons. The number of hydrogen-bond donors (Lipinski definition) is 2. The third-order valence-corrected chi connectivity index (χ3v) is 8.48. The standard InChI is InChI=1S/C27H25ClN6O5S2/c1-2-38-32-18(22-31-27(29)41-33-22)23(35)30-19-24(36)34-20(17(13-28)14-40-25(19)34)26(37)39-21(15-9-5-3-6-10-15)16-11-7-4-8-12-16/h3-12,19,21,25H,2,13-14H2,1H3,(H,30,35)(H2,29,31,33)/b32-18-/t19?,25-/m1/s1. The number of ether oxygens (including phenoxy) is 1. The number of carbonyl (C=O) groups is 3. The number of halogens is 1. The van der Waals surface area contributed by atoms with Gasteiger partial charge in [0.05, 0.1) is 0 Å². The van der Waals surface area contributed by atoms with Crippen LogP contribution in [0, 0.1) is 0 Å². The summed E-state index contributed by atoms with van der Waals surface area (Å²) < 4.78 is 10.1. The quantitative estimate of drug-likeness (QED) is 0.116. The number of fused-ring (bicyclic) bond motifs is 1. The SMILES string of the molecule is CCO/N=C(\C(=O)NC1C(=O)N2C(C(=O)OC(c3ccccc3)c3ccccc3)=C(CCl)CS[C@H]12)c1nsc(N)n1. The van der Waals surface area contributed by atoms with Gasteiger partial charge in [0.1, 0.15) is 23.7 Å². The second-order valence-corrected chi connectivity index (χ2v) is 11.0. The first-order valence-corrected chi connectivity index (χ1v) is 14.9. The zero-order valence-electron chi connectivity index (χ0n) is 21.7. The Kier molecular flexibility index (Phi) is 8.86. The average molecular weight is 613 g/mol. The van der Waals surface area contributed by atoms with Crippen molar-refractivity contribution in [1.82, 2.24) is 19.6 Å². The number of benzene rings is 2. The Bertz CT molecular complexity index is 1460. The van der Waals surface area contributed by atoms with Crippen LogP contribution < -0.4 is 11.1 Å². The maximum Gasteiger partial charge on any atom is 0.356 e. The van der Waals surface area contributed by atoms with Gasteiger partial charge in [-0.25, -0.2) is 4.79 Å². The van der Waals surface area contributed by atoms with E-state index < -0.39 is 35.3 Å². The number of amides is 2. The number of β-lactam (4-membered cyclic amide) rings is 1. The Morgan fingerprint density at radius 2 is 1.83 bits per heavy atom. The molecule has 0 bridgehead atoms. The Balaban J connectivity index is 1.37. The van der Waals surface area contributed by atoms with Gasteiger partial charge in [0, 0.05) is 23.2 Å². The van der Waals surface area contributed by atoms with E-state index in [1.165, 1.54) is 16.7 Å². The lowest BCUT2D eigenvalue weighted by molar-refractivity contribution is -0.154. The molecule has 1 fully saturated rings. The van der Waals surface area contributed by atoms with Crippen LogP contribution in [0.5, 0.6) is 0 Å². The van der Waals surface area contributed by atoms with Gasteiger partial charge in [-0.2, -0.15) is 9.36 Å². The summed E-state index contributed by atoms with van der Waals surface area (Å²) in [5.41, 5.74) is 7.67. The molecule has 0 spiro atoms. The summed E-state index contributed by atoms with van der Waals surface area (Å²) in [6.45, 7) is 1.91. The first-order chi connectivity index (χ1) is 19.9. The van der Waals surface area contributed by atoms with Crippen LogP contribution in [0.15, 0.2) is 77.1 Å². The number of nitrogens with zero attached hydrogens (tertiary/aromatic N) is 4. The number of nitrogen functional groups attached to an aromatic ring is 1. The molecular formula is C27H25ClN6O5S2. The highest BCUT2D eigenvalue weighted by molar-refractivity contribution is 8.00. The van der Waals surface area contributed by atoms with Crippen molar-refractivity contribution in [1.29, 1.82) is 0 Å². The van der Waals surface area contributed by atoms with Gasteiger partial charge in [-0.3, -0.25) is 14.5 Å².